The molecule has 1 aromatic carbocycles. The van der Waals surface area contributed by atoms with E-state index in [4.69, 9.17) is 10.2 Å². The van der Waals surface area contributed by atoms with Crippen LogP contribution in [0.5, 0.6) is 0 Å². The Morgan fingerprint density at radius 1 is 1.19 bits per heavy atom. The molecule has 0 amide bonds. The van der Waals surface area contributed by atoms with Crippen LogP contribution in [0, 0.1) is 11.7 Å². The molecule has 1 saturated carbocycles. The third-order valence-electron chi connectivity index (χ3n) is 5.54. The molecule has 0 bridgehead atoms. The van der Waals surface area contributed by atoms with E-state index in [0.29, 0.717) is 23.9 Å². The Bertz CT molecular complexity index is 927. The van der Waals surface area contributed by atoms with E-state index in [-0.39, 0.29) is 11.6 Å². The summed E-state index contributed by atoms with van der Waals surface area (Å²) in [5, 5.41) is 0. The highest BCUT2D eigenvalue weighted by molar-refractivity contribution is 5.74. The van der Waals surface area contributed by atoms with Crippen molar-refractivity contribution in [1.82, 2.24) is 4.98 Å². The predicted octanol–water partition coefficient (Wildman–Crippen LogP) is 6.84. The Morgan fingerprint density at radius 2 is 1.90 bits per heavy atom. The van der Waals surface area contributed by atoms with E-state index in [9.17, 15) is 8.78 Å². The van der Waals surface area contributed by atoms with Crippen LogP contribution in [0.2, 0.25) is 0 Å². The number of aromatic nitrogens is 1. The topological polar surface area (TPSA) is 52.0 Å². The van der Waals surface area contributed by atoms with Crippen LogP contribution in [0.3, 0.4) is 0 Å². The summed E-state index contributed by atoms with van der Waals surface area (Å²) in [7, 11) is 0. The van der Waals surface area contributed by atoms with Crippen molar-refractivity contribution in [3.63, 3.8) is 0 Å². The molecule has 4 rings (SSSR count). The molecule has 0 radical (unpaired) electrons. The van der Waals surface area contributed by atoms with Crippen LogP contribution >= 0.6 is 0 Å². The van der Waals surface area contributed by atoms with E-state index in [1.165, 1.54) is 36.6 Å². The van der Waals surface area contributed by atoms with Gasteiger partial charge in [-0.1, -0.05) is 31.2 Å². The molecule has 1 heterocycles. The molecule has 31 heavy (non-hydrogen) atoms. The van der Waals surface area contributed by atoms with Crippen LogP contribution in [0.1, 0.15) is 68.9 Å². The molecule has 1 fully saturated rings. The van der Waals surface area contributed by atoms with Crippen LogP contribution < -0.4 is 5.73 Å². The molecule has 2 N–H and O–H groups in total. The van der Waals surface area contributed by atoms with Gasteiger partial charge in [-0.05, 0) is 80.7 Å². The minimum atomic E-state index is -0.249. The fourth-order valence-corrected chi connectivity index (χ4v) is 3.64. The van der Waals surface area contributed by atoms with Gasteiger partial charge in [-0.15, -0.1) is 0 Å². The Kier molecular flexibility index (Phi) is 8.35. The van der Waals surface area contributed by atoms with Gasteiger partial charge in [0.1, 0.15) is 17.4 Å². The number of allylic oxidation sites excluding steroid dienone is 6. The van der Waals surface area contributed by atoms with Gasteiger partial charge < -0.3 is 10.2 Å². The first-order chi connectivity index (χ1) is 15.0. The number of oxazole rings is 1. The maximum atomic E-state index is 14.4. The summed E-state index contributed by atoms with van der Waals surface area (Å²) in [4.78, 5) is 4.57. The van der Waals surface area contributed by atoms with E-state index < -0.39 is 0 Å². The van der Waals surface area contributed by atoms with Crippen molar-refractivity contribution in [2.24, 2.45) is 11.7 Å². The molecular weight excluding hydrogens is 394 g/mol. The number of hydrogen-bond acceptors (Lipinski definition) is 3. The van der Waals surface area contributed by atoms with Crippen LogP contribution in [0.25, 0.3) is 5.57 Å². The number of fused-ring (bicyclic) bond motifs is 1. The van der Waals surface area contributed by atoms with Crippen molar-refractivity contribution in [2.75, 3.05) is 0 Å². The molecule has 2 aliphatic carbocycles. The number of aryl methyl sites for hydroxylation is 2. The Labute approximate surface area is 183 Å². The lowest BCUT2D eigenvalue weighted by Crippen LogP contribution is -1.99. The molecule has 2 aromatic rings. The average Bonchev–Trinajstić information content (AvgIpc) is 3.55. The lowest BCUT2D eigenvalue weighted by molar-refractivity contribution is 0.465. The third-order valence-corrected chi connectivity index (χ3v) is 5.54. The monoisotopic (exact) mass is 426 g/mol. The quantitative estimate of drug-likeness (QED) is 0.514. The van der Waals surface area contributed by atoms with Gasteiger partial charge in [-0.2, -0.15) is 0 Å². The molecule has 0 spiro atoms. The highest BCUT2D eigenvalue weighted by atomic mass is 19.1. The smallest absolute Gasteiger partial charge is 0.229 e. The van der Waals surface area contributed by atoms with E-state index in [0.717, 1.165) is 49.1 Å². The maximum absolute atomic E-state index is 14.4. The lowest BCUT2D eigenvalue weighted by Gasteiger charge is -2.05. The van der Waals surface area contributed by atoms with Gasteiger partial charge in [0.25, 0.3) is 0 Å². The van der Waals surface area contributed by atoms with Crippen molar-refractivity contribution in [1.29, 1.82) is 0 Å². The molecule has 0 atom stereocenters. The SMILES string of the molecule is C\C=C(F)/C(=C\C(=C\CC)C1CC1)c1nc2c(o1)CCCC2.NCc1ccc(F)cc1. The fourth-order valence-electron chi connectivity index (χ4n) is 3.64. The van der Waals surface area contributed by atoms with Crippen LogP contribution in [0.15, 0.2) is 58.3 Å². The van der Waals surface area contributed by atoms with Gasteiger partial charge in [-0.25, -0.2) is 13.8 Å². The summed E-state index contributed by atoms with van der Waals surface area (Å²) in [5.74, 6) is 1.52. The molecule has 5 heteroatoms. The summed E-state index contributed by atoms with van der Waals surface area (Å²) < 4.78 is 32.5. The summed E-state index contributed by atoms with van der Waals surface area (Å²) >= 11 is 0. The highest BCUT2D eigenvalue weighted by Crippen LogP contribution is 2.40. The van der Waals surface area contributed by atoms with E-state index in [2.05, 4.69) is 18.0 Å². The van der Waals surface area contributed by atoms with Crippen molar-refractivity contribution in [3.8, 4) is 0 Å². The molecule has 1 aromatic heterocycles. The highest BCUT2D eigenvalue weighted by Gasteiger charge is 2.27. The molecular formula is C26H32F2N2O. The largest absolute Gasteiger partial charge is 0.441 e. The number of benzene rings is 1. The summed E-state index contributed by atoms with van der Waals surface area (Å²) in [6, 6.07) is 6.16. The molecule has 0 aliphatic heterocycles. The van der Waals surface area contributed by atoms with Crippen LogP contribution in [-0.2, 0) is 19.4 Å². The van der Waals surface area contributed by atoms with Crippen molar-refractivity contribution in [2.45, 2.75) is 65.3 Å². The second kappa shape index (κ2) is 11.2. The zero-order valence-corrected chi connectivity index (χ0v) is 18.5. The van der Waals surface area contributed by atoms with Gasteiger partial charge in [0.2, 0.25) is 5.89 Å². The average molecular weight is 427 g/mol. The predicted molar refractivity (Wildman–Crippen MR) is 121 cm³/mol. The van der Waals surface area contributed by atoms with Crippen molar-refractivity contribution < 1.29 is 13.2 Å². The molecule has 0 unspecified atom stereocenters. The first-order valence-electron chi connectivity index (χ1n) is 11.2. The van der Waals surface area contributed by atoms with Gasteiger partial charge in [0.05, 0.1) is 11.3 Å². The number of halogens is 2. The molecule has 166 valence electrons. The van der Waals surface area contributed by atoms with Gasteiger partial charge >= 0.3 is 0 Å². The molecule has 3 nitrogen and oxygen atoms in total. The number of rotatable bonds is 6. The van der Waals surface area contributed by atoms with E-state index in [1.807, 2.05) is 6.08 Å². The zero-order chi connectivity index (χ0) is 22.2. The van der Waals surface area contributed by atoms with Crippen LogP contribution in [0.4, 0.5) is 8.78 Å². The molecule has 0 saturated heterocycles. The van der Waals surface area contributed by atoms with Crippen molar-refractivity contribution in [3.05, 3.63) is 82.6 Å². The summed E-state index contributed by atoms with van der Waals surface area (Å²) in [6.07, 6.45) is 13.2. The number of hydrogen-bond donors (Lipinski definition) is 1. The molecule has 2 aliphatic rings. The van der Waals surface area contributed by atoms with E-state index in [1.54, 1.807) is 19.1 Å². The fraction of sp³-hybridized carbons (Fsp3) is 0.423. The zero-order valence-electron chi connectivity index (χ0n) is 18.5. The number of nitrogens with two attached hydrogens (primary N) is 1. The van der Waals surface area contributed by atoms with Gasteiger partial charge in [-0.3, -0.25) is 0 Å². The minimum absolute atomic E-state index is 0.216. The van der Waals surface area contributed by atoms with Gasteiger partial charge in [0, 0.05) is 13.0 Å². The lowest BCUT2D eigenvalue weighted by atomic mass is 10.0. The number of nitrogens with zero attached hydrogens (tertiary/aromatic N) is 1. The maximum Gasteiger partial charge on any atom is 0.229 e. The third kappa shape index (κ3) is 6.47. The summed E-state index contributed by atoms with van der Waals surface area (Å²) in [5.41, 5.74) is 8.98. The van der Waals surface area contributed by atoms with E-state index >= 15 is 0 Å². The first kappa shape index (κ1) is 23.1. The summed E-state index contributed by atoms with van der Waals surface area (Å²) in [6.45, 7) is 4.30. The first-order valence-corrected chi connectivity index (χ1v) is 11.2. The van der Waals surface area contributed by atoms with Crippen LogP contribution in [-0.4, -0.2) is 4.98 Å². The second-order valence-corrected chi connectivity index (χ2v) is 8.01. The second-order valence-electron chi connectivity index (χ2n) is 8.01. The Balaban J connectivity index is 0.000000254. The minimum Gasteiger partial charge on any atom is -0.441 e. The van der Waals surface area contributed by atoms with Gasteiger partial charge in [0.15, 0.2) is 0 Å². The standard InChI is InChI=1S/C19H24FNO.C7H8FN/c1-3-7-14(13-10-11-13)12-15(16(20)4-2)19-21-17-8-5-6-9-18(17)22-19;8-7-3-1-6(5-9)2-4-7/h4,7,12-13H,3,5-6,8-11H2,1-2H3;1-4H,5,9H2/b14-7-,15-12+,16-4+;. The van der Waals surface area contributed by atoms with Crippen molar-refractivity contribution >= 4 is 5.57 Å². The normalized spacial score (nSPS) is 17.1. The Morgan fingerprint density at radius 3 is 2.48 bits per heavy atom. The Hall–Kier alpha value is -2.53.